The molecule has 0 amide bonds. The second-order valence-corrected chi connectivity index (χ2v) is 3.79. The molecule has 1 aliphatic rings. The van der Waals surface area contributed by atoms with Gasteiger partial charge in [0.25, 0.3) is 0 Å². The third-order valence-electron chi connectivity index (χ3n) is 1.83. The minimum atomic E-state index is 0.960. The Bertz CT molecular complexity index is 314. The van der Waals surface area contributed by atoms with E-state index in [2.05, 4.69) is 23.0 Å². The van der Waals surface area contributed by atoms with Crippen LogP contribution in [0.1, 0.15) is 5.56 Å². The maximum absolute atomic E-state index is 3.99. The van der Waals surface area contributed by atoms with E-state index in [4.69, 9.17) is 0 Å². The molecule has 0 saturated heterocycles. The summed E-state index contributed by atoms with van der Waals surface area (Å²) in [5.41, 5.74) is 2.60. The molecule has 1 aromatic heterocycles. The number of pyridine rings is 1. The molecule has 0 saturated carbocycles. The molecule has 1 nitrogen and oxygen atoms in total. The van der Waals surface area contributed by atoms with Gasteiger partial charge in [0.15, 0.2) is 0 Å². The fourth-order valence-electron chi connectivity index (χ4n) is 1.21. The van der Waals surface area contributed by atoms with Crippen molar-refractivity contribution < 1.29 is 0 Å². The highest BCUT2D eigenvalue weighted by molar-refractivity contribution is 7.42. The van der Waals surface area contributed by atoms with Crippen molar-refractivity contribution in [1.82, 2.24) is 4.98 Å². The Balaban J connectivity index is 2.31. The molecule has 0 aromatic carbocycles. The van der Waals surface area contributed by atoms with E-state index in [-0.39, 0.29) is 0 Å². The lowest BCUT2D eigenvalue weighted by Crippen LogP contribution is -1.84. The Morgan fingerprint density at radius 2 is 2.08 bits per heavy atom. The van der Waals surface area contributed by atoms with Crippen LogP contribution in [0.2, 0.25) is 0 Å². The van der Waals surface area contributed by atoms with Gasteiger partial charge >= 0.3 is 0 Å². The summed E-state index contributed by atoms with van der Waals surface area (Å²) in [5, 5.41) is 0. The first-order valence-corrected chi connectivity index (χ1v) is 5.26. The van der Waals surface area contributed by atoms with E-state index in [0.29, 0.717) is 0 Å². The van der Waals surface area contributed by atoms with Gasteiger partial charge in [-0.15, -0.1) is 0 Å². The fourth-order valence-corrected chi connectivity index (χ4v) is 1.98. The predicted octanol–water partition coefficient (Wildman–Crippen LogP) is 2.67. The van der Waals surface area contributed by atoms with E-state index in [1.54, 1.807) is 0 Å². The number of rotatable bonds is 1. The second kappa shape index (κ2) is 3.64. The van der Waals surface area contributed by atoms with Crippen molar-refractivity contribution in [3.63, 3.8) is 0 Å². The van der Waals surface area contributed by atoms with Crippen molar-refractivity contribution in [2.75, 3.05) is 6.16 Å². The van der Waals surface area contributed by atoms with Crippen molar-refractivity contribution in [3.8, 4) is 0 Å². The highest BCUT2D eigenvalue weighted by Crippen LogP contribution is 2.25. The largest absolute Gasteiger partial charge is 0.265 e. The van der Waals surface area contributed by atoms with Gasteiger partial charge in [-0.05, 0) is 29.4 Å². The molecule has 12 heavy (non-hydrogen) atoms. The first kappa shape index (κ1) is 7.70. The van der Waals surface area contributed by atoms with Gasteiger partial charge in [0.1, 0.15) is 0 Å². The summed E-state index contributed by atoms with van der Waals surface area (Å²) in [4.78, 5) is 3.99. The fraction of sp³-hybridized carbons (Fsp3) is 0.100. The smallest absolute Gasteiger partial charge is 0.0273 e. The van der Waals surface area contributed by atoms with Crippen LogP contribution in [0, 0.1) is 0 Å². The van der Waals surface area contributed by atoms with Gasteiger partial charge in [-0.3, -0.25) is 4.98 Å². The van der Waals surface area contributed by atoms with Crippen molar-refractivity contribution in [2.45, 2.75) is 0 Å². The van der Waals surface area contributed by atoms with E-state index in [1.807, 2.05) is 24.5 Å². The predicted molar refractivity (Wildman–Crippen MR) is 54.5 cm³/mol. The molecule has 2 rings (SSSR count). The first-order valence-electron chi connectivity index (χ1n) is 3.97. The Hall–Kier alpha value is -0.940. The Kier molecular flexibility index (Phi) is 2.33. The molecule has 0 N–H and O–H groups in total. The molecule has 1 aliphatic heterocycles. The van der Waals surface area contributed by atoms with Crippen LogP contribution in [0.5, 0.6) is 0 Å². The van der Waals surface area contributed by atoms with Crippen LogP contribution in [0.25, 0.3) is 5.57 Å². The summed E-state index contributed by atoms with van der Waals surface area (Å²) >= 11 is 0. The maximum atomic E-state index is 3.99. The van der Waals surface area contributed by atoms with Crippen molar-refractivity contribution in [2.24, 2.45) is 0 Å². The molecule has 1 aromatic rings. The lowest BCUT2D eigenvalue weighted by molar-refractivity contribution is 1.32. The SMILES string of the molecule is C1=CC(c2ccncc2)=CCP1. The minimum Gasteiger partial charge on any atom is -0.265 e. The van der Waals surface area contributed by atoms with Crippen molar-refractivity contribution >= 4 is 14.2 Å². The molecular formula is C10H10NP. The second-order valence-electron chi connectivity index (χ2n) is 2.64. The zero-order chi connectivity index (χ0) is 8.23. The molecule has 0 spiro atoms. The molecule has 1 atom stereocenters. The van der Waals surface area contributed by atoms with Gasteiger partial charge in [0.2, 0.25) is 0 Å². The number of hydrogen-bond acceptors (Lipinski definition) is 1. The third-order valence-corrected chi connectivity index (χ3v) is 2.68. The van der Waals surface area contributed by atoms with E-state index in [9.17, 15) is 0 Å². The van der Waals surface area contributed by atoms with Crippen LogP contribution < -0.4 is 0 Å². The van der Waals surface area contributed by atoms with Crippen LogP contribution in [0.3, 0.4) is 0 Å². The average Bonchev–Trinajstić information content (AvgIpc) is 2.21. The molecule has 0 radical (unpaired) electrons. The monoisotopic (exact) mass is 175 g/mol. The Labute approximate surface area is 74.0 Å². The standard InChI is InChI=1S/C10H10NP/c1-5-11-6-2-9(1)10-3-7-12-8-4-10/h1-7,12H,8H2. The summed E-state index contributed by atoms with van der Waals surface area (Å²) in [7, 11) is 0.960. The third kappa shape index (κ3) is 1.62. The molecule has 0 bridgehead atoms. The average molecular weight is 175 g/mol. The van der Waals surface area contributed by atoms with E-state index in [0.717, 1.165) is 8.58 Å². The molecule has 0 fully saturated rings. The number of nitrogens with zero attached hydrogens (tertiary/aromatic N) is 1. The van der Waals surface area contributed by atoms with Crippen LogP contribution >= 0.6 is 8.58 Å². The van der Waals surface area contributed by atoms with Crippen LogP contribution in [-0.4, -0.2) is 11.1 Å². The molecular weight excluding hydrogens is 165 g/mol. The Morgan fingerprint density at radius 3 is 2.75 bits per heavy atom. The quantitative estimate of drug-likeness (QED) is 0.598. The number of hydrogen-bond donors (Lipinski definition) is 0. The molecule has 2 heterocycles. The van der Waals surface area contributed by atoms with Gasteiger partial charge in [-0.2, -0.15) is 0 Å². The highest BCUT2D eigenvalue weighted by atomic mass is 31.1. The van der Waals surface area contributed by atoms with E-state index in [1.165, 1.54) is 17.3 Å². The van der Waals surface area contributed by atoms with Gasteiger partial charge in [-0.25, -0.2) is 0 Å². The van der Waals surface area contributed by atoms with Crippen LogP contribution in [0.15, 0.2) is 42.5 Å². The normalized spacial score (nSPS) is 17.8. The summed E-state index contributed by atoms with van der Waals surface area (Å²) < 4.78 is 0. The highest BCUT2D eigenvalue weighted by Gasteiger charge is 1.98. The van der Waals surface area contributed by atoms with Gasteiger partial charge in [-0.1, -0.05) is 26.5 Å². The molecule has 60 valence electrons. The van der Waals surface area contributed by atoms with Crippen molar-refractivity contribution in [1.29, 1.82) is 0 Å². The van der Waals surface area contributed by atoms with Gasteiger partial charge in [0, 0.05) is 12.4 Å². The lowest BCUT2D eigenvalue weighted by Gasteiger charge is -2.05. The summed E-state index contributed by atoms with van der Waals surface area (Å²) in [6.45, 7) is 0. The summed E-state index contributed by atoms with van der Waals surface area (Å²) in [6, 6.07) is 4.09. The minimum absolute atomic E-state index is 0.960. The van der Waals surface area contributed by atoms with Crippen LogP contribution in [0.4, 0.5) is 0 Å². The molecule has 0 aliphatic carbocycles. The van der Waals surface area contributed by atoms with E-state index < -0.39 is 0 Å². The van der Waals surface area contributed by atoms with Gasteiger partial charge in [0.05, 0.1) is 0 Å². The Morgan fingerprint density at radius 1 is 1.25 bits per heavy atom. The first-order chi connectivity index (χ1) is 5.97. The van der Waals surface area contributed by atoms with Gasteiger partial charge < -0.3 is 0 Å². The summed E-state index contributed by atoms with van der Waals surface area (Å²) in [5.74, 6) is 2.25. The van der Waals surface area contributed by atoms with Crippen LogP contribution in [-0.2, 0) is 0 Å². The lowest BCUT2D eigenvalue weighted by atomic mass is 10.1. The zero-order valence-corrected chi connectivity index (χ0v) is 7.70. The zero-order valence-electron chi connectivity index (χ0n) is 6.70. The molecule has 1 unspecified atom stereocenters. The number of allylic oxidation sites excluding steroid dienone is 3. The maximum Gasteiger partial charge on any atom is 0.0273 e. The number of aromatic nitrogens is 1. The van der Waals surface area contributed by atoms with E-state index >= 15 is 0 Å². The molecule has 2 heteroatoms. The van der Waals surface area contributed by atoms with Crippen molar-refractivity contribution in [3.05, 3.63) is 48.1 Å². The topological polar surface area (TPSA) is 12.9 Å². The summed E-state index contributed by atoms with van der Waals surface area (Å²) in [6.07, 6.45) is 9.33.